The van der Waals surface area contributed by atoms with Crippen LogP contribution in [0.4, 0.5) is 0 Å². The third-order valence-corrected chi connectivity index (χ3v) is 3.87. The number of fused-ring (bicyclic) bond motifs is 1. The number of aromatic nitrogens is 1. The van der Waals surface area contributed by atoms with Crippen LogP contribution in [-0.2, 0) is 14.3 Å². The molecule has 1 amide bonds. The highest BCUT2D eigenvalue weighted by Crippen LogP contribution is 2.25. The van der Waals surface area contributed by atoms with Crippen molar-refractivity contribution < 1.29 is 23.5 Å². The first-order chi connectivity index (χ1) is 13.1. The molecule has 3 rings (SSSR count). The molecule has 2 heterocycles. The Balaban J connectivity index is 1.80. The fourth-order valence-electron chi connectivity index (χ4n) is 2.71. The molecule has 140 valence electrons. The van der Waals surface area contributed by atoms with E-state index in [1.54, 1.807) is 44.4 Å². The molecule has 1 atom stereocenters. The number of benzene rings is 1. The van der Waals surface area contributed by atoms with E-state index >= 15 is 0 Å². The molecule has 0 radical (unpaired) electrons. The summed E-state index contributed by atoms with van der Waals surface area (Å²) in [4.78, 5) is 29.0. The molecule has 7 heteroatoms. The average Bonchev–Trinajstić information content (AvgIpc) is 3.20. The van der Waals surface area contributed by atoms with Crippen LogP contribution in [0.3, 0.4) is 0 Å². The van der Waals surface area contributed by atoms with Crippen LogP contribution < -0.4 is 5.32 Å². The van der Waals surface area contributed by atoms with Gasteiger partial charge in [-0.25, -0.2) is 9.78 Å². The molecule has 3 aromatic rings. The number of amides is 1. The number of para-hydroxylation sites is 1. The molecule has 0 fully saturated rings. The first-order valence-corrected chi connectivity index (χ1v) is 8.47. The summed E-state index contributed by atoms with van der Waals surface area (Å²) >= 11 is 0. The van der Waals surface area contributed by atoms with Gasteiger partial charge in [-0.2, -0.15) is 0 Å². The Morgan fingerprint density at radius 2 is 2.04 bits per heavy atom. The Hall–Kier alpha value is -3.19. The van der Waals surface area contributed by atoms with E-state index in [1.165, 1.54) is 6.26 Å². The lowest BCUT2D eigenvalue weighted by Gasteiger charge is -2.13. The maximum Gasteiger partial charge on any atom is 0.339 e. The summed E-state index contributed by atoms with van der Waals surface area (Å²) in [6, 6.07) is 12.2. The van der Waals surface area contributed by atoms with E-state index in [0.29, 0.717) is 34.5 Å². The van der Waals surface area contributed by atoms with E-state index in [1.807, 2.05) is 12.1 Å². The van der Waals surface area contributed by atoms with Gasteiger partial charge >= 0.3 is 5.97 Å². The SMILES string of the molecule is COC[C@@H](C)NC(=O)COC(=O)c1cc(-c2ccco2)nc2ccccc12. The molecule has 2 aromatic heterocycles. The number of hydrogen-bond donors (Lipinski definition) is 1. The molecule has 0 saturated heterocycles. The summed E-state index contributed by atoms with van der Waals surface area (Å²) < 4.78 is 15.5. The quantitative estimate of drug-likeness (QED) is 0.645. The molecule has 27 heavy (non-hydrogen) atoms. The van der Waals surface area contributed by atoms with Gasteiger partial charge in [0.2, 0.25) is 0 Å². The Morgan fingerprint density at radius 3 is 2.78 bits per heavy atom. The van der Waals surface area contributed by atoms with Crippen LogP contribution in [0.1, 0.15) is 17.3 Å². The molecule has 0 bridgehead atoms. The van der Waals surface area contributed by atoms with E-state index < -0.39 is 11.9 Å². The third kappa shape index (κ3) is 4.51. The smallest absolute Gasteiger partial charge is 0.339 e. The predicted octanol–water partition coefficient (Wildman–Crippen LogP) is 2.80. The maximum absolute atomic E-state index is 12.6. The zero-order valence-corrected chi connectivity index (χ0v) is 15.1. The molecule has 1 aromatic carbocycles. The van der Waals surface area contributed by atoms with E-state index in [9.17, 15) is 9.59 Å². The molecule has 0 spiro atoms. The number of nitrogens with one attached hydrogen (secondary N) is 1. The Labute approximate surface area is 156 Å². The summed E-state index contributed by atoms with van der Waals surface area (Å²) in [5.74, 6) is -0.450. The van der Waals surface area contributed by atoms with Crippen molar-refractivity contribution >= 4 is 22.8 Å². The molecule has 0 aliphatic heterocycles. The Morgan fingerprint density at radius 1 is 1.22 bits per heavy atom. The predicted molar refractivity (Wildman–Crippen MR) is 99.2 cm³/mol. The number of esters is 1. The van der Waals surface area contributed by atoms with Crippen LogP contribution in [-0.4, -0.2) is 43.2 Å². The average molecular weight is 368 g/mol. The lowest BCUT2D eigenvalue weighted by Crippen LogP contribution is -2.38. The lowest BCUT2D eigenvalue weighted by atomic mass is 10.1. The summed E-state index contributed by atoms with van der Waals surface area (Å²) in [5.41, 5.74) is 1.48. The van der Waals surface area contributed by atoms with Crippen LogP contribution in [0.25, 0.3) is 22.4 Å². The summed E-state index contributed by atoms with van der Waals surface area (Å²) in [7, 11) is 1.55. The highest BCUT2D eigenvalue weighted by molar-refractivity contribution is 6.05. The van der Waals surface area contributed by atoms with E-state index in [4.69, 9.17) is 13.9 Å². The van der Waals surface area contributed by atoms with Gasteiger partial charge in [0.05, 0.1) is 24.0 Å². The normalized spacial score (nSPS) is 11.9. The zero-order chi connectivity index (χ0) is 19.2. The second-order valence-corrected chi connectivity index (χ2v) is 6.05. The maximum atomic E-state index is 12.6. The minimum Gasteiger partial charge on any atom is -0.463 e. The van der Waals surface area contributed by atoms with Gasteiger partial charge in [-0.05, 0) is 31.2 Å². The number of methoxy groups -OCH3 is 1. The van der Waals surface area contributed by atoms with Gasteiger partial charge in [0.15, 0.2) is 12.4 Å². The summed E-state index contributed by atoms with van der Waals surface area (Å²) in [6.07, 6.45) is 1.54. The molecule has 0 unspecified atom stereocenters. The first kappa shape index (κ1) is 18.6. The minimum atomic E-state index is -0.601. The van der Waals surface area contributed by atoms with Crippen molar-refractivity contribution in [3.05, 3.63) is 54.3 Å². The fourth-order valence-corrected chi connectivity index (χ4v) is 2.71. The van der Waals surface area contributed by atoms with Crippen molar-refractivity contribution in [3.8, 4) is 11.5 Å². The number of hydrogen-bond acceptors (Lipinski definition) is 6. The van der Waals surface area contributed by atoms with Gasteiger partial charge in [0.25, 0.3) is 5.91 Å². The second kappa shape index (κ2) is 8.46. The first-order valence-electron chi connectivity index (χ1n) is 8.47. The number of rotatable bonds is 7. The highest BCUT2D eigenvalue weighted by atomic mass is 16.5. The topological polar surface area (TPSA) is 90.7 Å². The van der Waals surface area contributed by atoms with Gasteiger partial charge < -0.3 is 19.2 Å². The number of furan rings is 1. The van der Waals surface area contributed by atoms with Crippen LogP contribution in [0, 0.1) is 0 Å². The Kier molecular flexibility index (Phi) is 5.83. The molecule has 0 aliphatic rings. The van der Waals surface area contributed by atoms with E-state index in [-0.39, 0.29) is 12.6 Å². The van der Waals surface area contributed by atoms with Crippen molar-refractivity contribution in [2.75, 3.05) is 20.3 Å². The van der Waals surface area contributed by atoms with Crippen LogP contribution >= 0.6 is 0 Å². The number of pyridine rings is 1. The van der Waals surface area contributed by atoms with Gasteiger partial charge in [0, 0.05) is 18.5 Å². The van der Waals surface area contributed by atoms with Crippen molar-refractivity contribution in [1.29, 1.82) is 0 Å². The highest BCUT2D eigenvalue weighted by Gasteiger charge is 2.17. The van der Waals surface area contributed by atoms with Crippen molar-refractivity contribution in [1.82, 2.24) is 10.3 Å². The molecular weight excluding hydrogens is 348 g/mol. The van der Waals surface area contributed by atoms with E-state index in [0.717, 1.165) is 0 Å². The van der Waals surface area contributed by atoms with Crippen LogP contribution in [0.5, 0.6) is 0 Å². The number of carbonyl (C=O) groups is 2. The molecule has 0 aliphatic carbocycles. The standard InChI is InChI=1S/C20H20N2O5/c1-13(11-25-2)21-19(23)12-27-20(24)15-10-17(18-8-5-9-26-18)22-16-7-4-3-6-14(15)16/h3-10,13H,11-12H2,1-2H3,(H,21,23)/t13-/m1/s1. The summed E-state index contributed by atoms with van der Waals surface area (Å²) in [6.45, 7) is 1.80. The van der Waals surface area contributed by atoms with Gasteiger partial charge in [-0.15, -0.1) is 0 Å². The molecular formula is C20H20N2O5. The van der Waals surface area contributed by atoms with E-state index in [2.05, 4.69) is 10.3 Å². The van der Waals surface area contributed by atoms with Crippen molar-refractivity contribution in [3.63, 3.8) is 0 Å². The number of nitrogens with zero attached hydrogens (tertiary/aromatic N) is 1. The zero-order valence-electron chi connectivity index (χ0n) is 15.1. The second-order valence-electron chi connectivity index (χ2n) is 6.05. The van der Waals surface area contributed by atoms with Crippen molar-refractivity contribution in [2.24, 2.45) is 0 Å². The van der Waals surface area contributed by atoms with Crippen LogP contribution in [0.2, 0.25) is 0 Å². The largest absolute Gasteiger partial charge is 0.463 e. The third-order valence-electron chi connectivity index (χ3n) is 3.87. The molecule has 0 saturated carbocycles. The van der Waals surface area contributed by atoms with Gasteiger partial charge in [-0.1, -0.05) is 18.2 Å². The van der Waals surface area contributed by atoms with Crippen LogP contribution in [0.15, 0.2) is 53.1 Å². The summed E-state index contributed by atoms with van der Waals surface area (Å²) in [5, 5.41) is 3.33. The Bertz CT molecular complexity index is 937. The monoisotopic (exact) mass is 368 g/mol. The fraction of sp³-hybridized carbons (Fsp3) is 0.250. The number of ether oxygens (including phenoxy) is 2. The molecule has 1 N–H and O–H groups in total. The number of carbonyl (C=O) groups excluding carboxylic acids is 2. The lowest BCUT2D eigenvalue weighted by molar-refractivity contribution is -0.125. The van der Waals surface area contributed by atoms with Gasteiger partial charge in [-0.3, -0.25) is 4.79 Å². The minimum absolute atomic E-state index is 0.173. The van der Waals surface area contributed by atoms with Crippen molar-refractivity contribution in [2.45, 2.75) is 13.0 Å². The molecule has 7 nitrogen and oxygen atoms in total. The van der Waals surface area contributed by atoms with Gasteiger partial charge in [0.1, 0.15) is 5.69 Å².